The zero-order valence-electron chi connectivity index (χ0n) is 14.5. The Bertz CT molecular complexity index is 787. The maximum absolute atomic E-state index is 12.2. The highest BCUT2D eigenvalue weighted by Gasteiger charge is 2.11. The Labute approximate surface area is 167 Å². The molecule has 0 aliphatic rings. The molecule has 0 atom stereocenters. The second-order valence-electron chi connectivity index (χ2n) is 5.26. The van der Waals surface area contributed by atoms with E-state index in [-0.39, 0.29) is 11.5 Å². The first-order valence-electron chi connectivity index (χ1n) is 7.88. The van der Waals surface area contributed by atoms with Crippen LogP contribution < -0.4 is 0 Å². The van der Waals surface area contributed by atoms with Gasteiger partial charge in [-0.15, -0.1) is 11.8 Å². The van der Waals surface area contributed by atoms with Gasteiger partial charge in [0.15, 0.2) is 0 Å². The molecule has 0 heterocycles. The molecule has 0 saturated heterocycles. The van der Waals surface area contributed by atoms with Crippen molar-refractivity contribution in [3.63, 3.8) is 0 Å². The number of benzene rings is 2. The summed E-state index contributed by atoms with van der Waals surface area (Å²) >= 11 is 7.63. The fourth-order valence-corrected chi connectivity index (χ4v) is 3.71. The molecule has 0 saturated carbocycles. The van der Waals surface area contributed by atoms with Crippen molar-refractivity contribution in [3.05, 3.63) is 54.1 Å². The molecule has 0 unspecified atom stereocenters. The average molecular weight is 406 g/mol. The van der Waals surface area contributed by atoms with Crippen LogP contribution in [-0.2, 0) is 9.63 Å². The van der Waals surface area contributed by atoms with Gasteiger partial charge in [-0.2, -0.15) is 12.6 Å². The van der Waals surface area contributed by atoms with Crippen molar-refractivity contribution >= 4 is 53.6 Å². The second kappa shape index (κ2) is 10.4. The van der Waals surface area contributed by atoms with Crippen LogP contribution in [-0.4, -0.2) is 29.0 Å². The summed E-state index contributed by atoms with van der Waals surface area (Å²) in [5.41, 5.74) is 0.635. The summed E-state index contributed by atoms with van der Waals surface area (Å²) in [7, 11) is 0. The molecule has 0 fully saturated rings. The quantitative estimate of drug-likeness (QED) is 0.168. The Morgan fingerprint density at radius 2 is 1.50 bits per heavy atom. The first kappa shape index (κ1) is 20.6. The fourth-order valence-electron chi connectivity index (χ4n) is 1.96. The summed E-state index contributed by atoms with van der Waals surface area (Å²) in [5, 5.41) is 3.53. The summed E-state index contributed by atoms with van der Waals surface area (Å²) in [5.74, 6) is 1.02. The molecule has 0 radical (unpaired) electrons. The number of hydrogen-bond donors (Lipinski definition) is 1. The van der Waals surface area contributed by atoms with Gasteiger partial charge in [-0.25, -0.2) is 4.79 Å². The third kappa shape index (κ3) is 6.55. The van der Waals surface area contributed by atoms with Crippen molar-refractivity contribution < 1.29 is 14.4 Å². The molecule has 0 amide bonds. The van der Waals surface area contributed by atoms with Crippen LogP contribution in [0.25, 0.3) is 0 Å². The van der Waals surface area contributed by atoms with Gasteiger partial charge in [0.25, 0.3) is 0 Å². The van der Waals surface area contributed by atoms with Gasteiger partial charge < -0.3 is 4.84 Å². The molecular weight excluding hydrogens is 386 g/mol. The van der Waals surface area contributed by atoms with E-state index in [9.17, 15) is 9.59 Å². The topological polar surface area (TPSA) is 55.7 Å². The zero-order chi connectivity index (χ0) is 18.9. The van der Waals surface area contributed by atoms with E-state index >= 15 is 0 Å². The van der Waals surface area contributed by atoms with Crippen LogP contribution >= 0.6 is 36.2 Å². The van der Waals surface area contributed by atoms with Crippen LogP contribution in [0, 0.1) is 0 Å². The van der Waals surface area contributed by atoms with Gasteiger partial charge in [0.1, 0.15) is 5.71 Å². The highest BCUT2D eigenvalue weighted by Crippen LogP contribution is 2.29. The molecule has 2 rings (SSSR count). The number of thioether (sulfide) groups is 1. The van der Waals surface area contributed by atoms with Crippen LogP contribution in [0.3, 0.4) is 0 Å². The summed E-state index contributed by atoms with van der Waals surface area (Å²) in [6, 6.07) is 15.6. The lowest BCUT2D eigenvalue weighted by Gasteiger charge is -2.05. The first-order chi connectivity index (χ1) is 12.5. The third-order valence-corrected chi connectivity index (χ3v) is 5.73. The largest absolute Gasteiger partial charge is 0.331 e. The average Bonchev–Trinajstić information content (AvgIpc) is 2.65. The van der Waals surface area contributed by atoms with Gasteiger partial charge in [0.05, 0.1) is 0 Å². The molecule has 0 bridgehead atoms. The van der Waals surface area contributed by atoms with Crippen molar-refractivity contribution in [1.29, 1.82) is 0 Å². The Hall–Kier alpha value is -1.70. The Morgan fingerprint density at radius 3 is 2.04 bits per heavy atom. The minimum Gasteiger partial charge on any atom is -0.318 e. The first-order valence-corrected chi connectivity index (χ1v) is 10.3. The normalized spacial score (nSPS) is 11.3. The number of nitrogens with zero attached hydrogens (tertiary/aromatic N) is 1. The molecular formula is C19H19NO3S3. The predicted molar refractivity (Wildman–Crippen MR) is 111 cm³/mol. The van der Waals surface area contributed by atoms with Crippen molar-refractivity contribution in [2.45, 2.75) is 28.5 Å². The number of rotatable bonds is 8. The number of hydrogen-bond acceptors (Lipinski definition) is 7. The fraction of sp³-hybridized carbons (Fsp3) is 0.211. The lowest BCUT2D eigenvalue weighted by atomic mass is 10.1. The van der Waals surface area contributed by atoms with Crippen LogP contribution in [0.15, 0.2) is 68.4 Å². The highest BCUT2D eigenvalue weighted by atomic mass is 32.2. The van der Waals surface area contributed by atoms with Gasteiger partial charge in [0, 0.05) is 32.9 Å². The monoisotopic (exact) mass is 405 g/mol. The van der Waals surface area contributed by atoms with E-state index in [2.05, 4.69) is 46.9 Å². The molecule has 4 nitrogen and oxygen atoms in total. The van der Waals surface area contributed by atoms with E-state index in [4.69, 9.17) is 0 Å². The highest BCUT2D eigenvalue weighted by molar-refractivity contribution is 8.00. The summed E-state index contributed by atoms with van der Waals surface area (Å²) in [4.78, 5) is 30.9. The van der Waals surface area contributed by atoms with Crippen molar-refractivity contribution in [3.8, 4) is 0 Å². The molecule has 2 aromatic rings. The predicted octanol–water partition coefficient (Wildman–Crippen LogP) is 4.98. The van der Waals surface area contributed by atoms with Crippen LogP contribution in [0.1, 0.15) is 24.2 Å². The molecule has 26 heavy (non-hydrogen) atoms. The van der Waals surface area contributed by atoms with Gasteiger partial charge in [0.2, 0.25) is 5.78 Å². The van der Waals surface area contributed by atoms with Crippen LogP contribution in [0.5, 0.6) is 0 Å². The minimum atomic E-state index is -0.557. The van der Waals surface area contributed by atoms with Crippen LogP contribution in [0.2, 0.25) is 0 Å². The minimum absolute atomic E-state index is 0.134. The molecule has 7 heteroatoms. The molecule has 136 valence electrons. The van der Waals surface area contributed by atoms with E-state index in [1.165, 1.54) is 18.7 Å². The maximum atomic E-state index is 12.2. The molecule has 0 aromatic heterocycles. The van der Waals surface area contributed by atoms with Crippen molar-refractivity contribution in [1.82, 2.24) is 0 Å². The number of carbonyl (C=O) groups is 2. The lowest BCUT2D eigenvalue weighted by Crippen LogP contribution is -2.11. The molecule has 0 aliphatic carbocycles. The van der Waals surface area contributed by atoms with E-state index in [0.717, 1.165) is 21.3 Å². The molecule has 0 N–H and O–H groups in total. The van der Waals surface area contributed by atoms with Gasteiger partial charge in [-0.3, -0.25) is 4.79 Å². The van der Waals surface area contributed by atoms with Crippen LogP contribution in [0.4, 0.5) is 0 Å². The number of oxime groups is 1. The Balaban J connectivity index is 1.99. The van der Waals surface area contributed by atoms with Crippen molar-refractivity contribution in [2.75, 3.05) is 11.5 Å². The summed E-state index contributed by atoms with van der Waals surface area (Å²) < 4.78 is 0. The SMILES string of the molecule is CC(=O)O/N=C(\C)C(=O)c1ccc(Sc2ccc(SCCS)cc2)cc1. The van der Waals surface area contributed by atoms with Gasteiger partial charge >= 0.3 is 5.97 Å². The van der Waals surface area contributed by atoms with E-state index < -0.39 is 5.97 Å². The summed E-state index contributed by atoms with van der Waals surface area (Å²) in [6.07, 6.45) is 0. The second-order valence-corrected chi connectivity index (χ2v) is 8.02. The van der Waals surface area contributed by atoms with Gasteiger partial charge in [-0.05, 0) is 61.2 Å². The Kier molecular flexibility index (Phi) is 8.28. The van der Waals surface area contributed by atoms with E-state index in [1.807, 2.05) is 12.1 Å². The standard InChI is InChI=1S/C19H19NO3S3/c1-13(20-23-14(2)21)19(22)15-3-5-17(6-4-15)26-18-9-7-16(8-10-18)25-12-11-24/h3-10,24H,11-12H2,1-2H3/b20-13+. The molecule has 0 aliphatic heterocycles. The number of carbonyl (C=O) groups excluding carboxylic acids is 2. The smallest absolute Gasteiger partial charge is 0.318 e. The number of thiol groups is 1. The summed E-state index contributed by atoms with van der Waals surface area (Å²) in [6.45, 7) is 2.75. The van der Waals surface area contributed by atoms with E-state index in [1.54, 1.807) is 35.7 Å². The van der Waals surface area contributed by atoms with Crippen molar-refractivity contribution in [2.24, 2.45) is 5.16 Å². The van der Waals surface area contributed by atoms with Gasteiger partial charge in [-0.1, -0.05) is 16.9 Å². The maximum Gasteiger partial charge on any atom is 0.331 e. The molecule has 0 spiro atoms. The lowest BCUT2D eigenvalue weighted by molar-refractivity contribution is -0.140. The Morgan fingerprint density at radius 1 is 0.962 bits per heavy atom. The zero-order valence-corrected chi connectivity index (χ0v) is 17.0. The third-order valence-electron chi connectivity index (χ3n) is 3.18. The molecule has 2 aromatic carbocycles. The van der Waals surface area contributed by atoms with E-state index in [0.29, 0.717) is 5.56 Å². The number of Topliss-reactive ketones (excluding diaryl/α,β-unsaturated/α-hetero) is 1. The number of ketones is 1.